The lowest BCUT2D eigenvalue weighted by Gasteiger charge is -2.16. The van der Waals surface area contributed by atoms with Gasteiger partial charge in [0.2, 0.25) is 5.91 Å². The van der Waals surface area contributed by atoms with E-state index in [1.807, 2.05) is 13.8 Å². The summed E-state index contributed by atoms with van der Waals surface area (Å²) in [6.07, 6.45) is 1.54. The number of nitrogens with zero attached hydrogens (tertiary/aromatic N) is 1. The summed E-state index contributed by atoms with van der Waals surface area (Å²) in [6.45, 7) is 6.34. The first-order valence-corrected chi connectivity index (χ1v) is 6.21. The number of aromatic nitrogens is 1. The summed E-state index contributed by atoms with van der Waals surface area (Å²) in [7, 11) is 0. The van der Waals surface area contributed by atoms with E-state index in [1.165, 1.54) is 6.20 Å². The zero-order chi connectivity index (χ0) is 14.4. The standard InChI is InChI=1S/C13H20N4O2/c1-8(2)7-16-13(19)9(3)17-12-10(11(14)18)5-4-6-15-12/h4-6,8-9H,7H2,1-3H3,(H2,14,18)(H,15,17)(H,16,19). The first-order valence-electron chi connectivity index (χ1n) is 6.21. The van der Waals surface area contributed by atoms with Gasteiger partial charge in [0.25, 0.3) is 5.91 Å². The minimum atomic E-state index is -0.578. The van der Waals surface area contributed by atoms with Crippen LogP contribution in [0.4, 0.5) is 5.82 Å². The average Bonchev–Trinajstić information content (AvgIpc) is 2.36. The van der Waals surface area contributed by atoms with Gasteiger partial charge in [-0.05, 0) is 25.0 Å². The molecule has 1 unspecified atom stereocenters. The van der Waals surface area contributed by atoms with Crippen LogP contribution in [-0.4, -0.2) is 29.4 Å². The van der Waals surface area contributed by atoms with Gasteiger partial charge in [-0.3, -0.25) is 9.59 Å². The molecule has 2 amide bonds. The summed E-state index contributed by atoms with van der Waals surface area (Å²) in [5, 5.41) is 5.70. The van der Waals surface area contributed by atoms with E-state index in [-0.39, 0.29) is 11.5 Å². The number of pyridine rings is 1. The Balaban J connectivity index is 2.69. The molecule has 0 saturated carbocycles. The van der Waals surface area contributed by atoms with E-state index in [2.05, 4.69) is 15.6 Å². The Morgan fingerprint density at radius 3 is 2.63 bits per heavy atom. The van der Waals surface area contributed by atoms with Crippen LogP contribution in [0.1, 0.15) is 31.1 Å². The summed E-state index contributed by atoms with van der Waals surface area (Å²) < 4.78 is 0. The molecule has 0 radical (unpaired) electrons. The van der Waals surface area contributed by atoms with Crippen LogP contribution < -0.4 is 16.4 Å². The maximum atomic E-state index is 11.8. The maximum Gasteiger partial charge on any atom is 0.252 e. The van der Waals surface area contributed by atoms with Crippen molar-refractivity contribution < 1.29 is 9.59 Å². The second-order valence-corrected chi connectivity index (χ2v) is 4.77. The van der Waals surface area contributed by atoms with Crippen molar-refractivity contribution in [2.24, 2.45) is 11.7 Å². The Labute approximate surface area is 112 Å². The molecule has 19 heavy (non-hydrogen) atoms. The molecule has 104 valence electrons. The number of hydrogen-bond donors (Lipinski definition) is 3. The number of rotatable bonds is 6. The summed E-state index contributed by atoms with van der Waals surface area (Å²) >= 11 is 0. The summed E-state index contributed by atoms with van der Waals surface area (Å²) in [6, 6.07) is 2.69. The first-order chi connectivity index (χ1) is 8.91. The van der Waals surface area contributed by atoms with Gasteiger partial charge in [0.05, 0.1) is 5.56 Å². The van der Waals surface area contributed by atoms with E-state index in [9.17, 15) is 9.59 Å². The molecule has 0 fully saturated rings. The molecule has 1 rings (SSSR count). The fourth-order valence-electron chi connectivity index (χ4n) is 1.45. The average molecular weight is 264 g/mol. The minimum Gasteiger partial charge on any atom is -0.365 e. The zero-order valence-corrected chi connectivity index (χ0v) is 11.4. The highest BCUT2D eigenvalue weighted by atomic mass is 16.2. The predicted molar refractivity (Wildman–Crippen MR) is 73.7 cm³/mol. The number of carbonyl (C=O) groups is 2. The van der Waals surface area contributed by atoms with Gasteiger partial charge >= 0.3 is 0 Å². The Bertz CT molecular complexity index is 460. The lowest BCUT2D eigenvalue weighted by Crippen LogP contribution is -2.39. The van der Waals surface area contributed by atoms with Crippen LogP contribution in [0.15, 0.2) is 18.3 Å². The predicted octanol–water partition coefficient (Wildman–Crippen LogP) is 0.753. The van der Waals surface area contributed by atoms with Crippen molar-refractivity contribution in [2.75, 3.05) is 11.9 Å². The normalized spacial score (nSPS) is 12.0. The lowest BCUT2D eigenvalue weighted by atomic mass is 10.2. The molecule has 1 heterocycles. The van der Waals surface area contributed by atoms with E-state index in [0.29, 0.717) is 18.3 Å². The molecule has 0 aliphatic rings. The van der Waals surface area contributed by atoms with Crippen LogP contribution >= 0.6 is 0 Å². The van der Waals surface area contributed by atoms with Crippen molar-refractivity contribution in [3.8, 4) is 0 Å². The fraction of sp³-hybridized carbons (Fsp3) is 0.462. The largest absolute Gasteiger partial charge is 0.365 e. The molecule has 4 N–H and O–H groups in total. The highest BCUT2D eigenvalue weighted by Crippen LogP contribution is 2.11. The van der Waals surface area contributed by atoms with Crippen LogP contribution in [0.5, 0.6) is 0 Å². The smallest absolute Gasteiger partial charge is 0.252 e. The Morgan fingerprint density at radius 2 is 2.05 bits per heavy atom. The number of hydrogen-bond acceptors (Lipinski definition) is 4. The van der Waals surface area contributed by atoms with Crippen molar-refractivity contribution in [3.63, 3.8) is 0 Å². The van der Waals surface area contributed by atoms with Crippen LogP contribution in [0.3, 0.4) is 0 Å². The molecule has 1 aromatic heterocycles. The number of amides is 2. The molecule has 0 aromatic carbocycles. The molecule has 0 spiro atoms. The molecule has 0 bridgehead atoms. The molecule has 0 aliphatic carbocycles. The number of carbonyl (C=O) groups excluding carboxylic acids is 2. The van der Waals surface area contributed by atoms with Crippen molar-refractivity contribution in [1.29, 1.82) is 0 Å². The van der Waals surface area contributed by atoms with Crippen molar-refractivity contribution in [2.45, 2.75) is 26.8 Å². The monoisotopic (exact) mass is 264 g/mol. The Kier molecular flexibility index (Phi) is 5.29. The molecule has 0 saturated heterocycles. The third-order valence-electron chi connectivity index (χ3n) is 2.50. The van der Waals surface area contributed by atoms with Gasteiger partial charge in [0.1, 0.15) is 11.9 Å². The molecule has 1 aromatic rings. The lowest BCUT2D eigenvalue weighted by molar-refractivity contribution is -0.121. The molecule has 0 aliphatic heterocycles. The van der Waals surface area contributed by atoms with E-state index in [1.54, 1.807) is 19.1 Å². The summed E-state index contributed by atoms with van der Waals surface area (Å²) in [4.78, 5) is 27.1. The van der Waals surface area contributed by atoms with E-state index >= 15 is 0 Å². The maximum absolute atomic E-state index is 11.8. The number of nitrogens with one attached hydrogen (secondary N) is 2. The van der Waals surface area contributed by atoms with E-state index < -0.39 is 11.9 Å². The summed E-state index contributed by atoms with van der Waals surface area (Å²) in [5.74, 6) is -0.0189. The zero-order valence-electron chi connectivity index (χ0n) is 11.4. The van der Waals surface area contributed by atoms with Crippen LogP contribution in [0.25, 0.3) is 0 Å². The number of primary amides is 1. The number of anilines is 1. The van der Waals surface area contributed by atoms with Crippen molar-refractivity contribution >= 4 is 17.6 Å². The van der Waals surface area contributed by atoms with Gasteiger partial charge in [-0.25, -0.2) is 4.98 Å². The van der Waals surface area contributed by atoms with Crippen LogP contribution in [0.2, 0.25) is 0 Å². The van der Waals surface area contributed by atoms with Crippen LogP contribution in [0, 0.1) is 5.92 Å². The van der Waals surface area contributed by atoms with Gasteiger partial charge in [0.15, 0.2) is 0 Å². The number of nitrogens with two attached hydrogens (primary N) is 1. The highest BCUT2D eigenvalue weighted by molar-refractivity contribution is 5.98. The van der Waals surface area contributed by atoms with Crippen molar-refractivity contribution in [1.82, 2.24) is 10.3 Å². The Hall–Kier alpha value is -2.11. The van der Waals surface area contributed by atoms with Gasteiger partial charge in [-0.1, -0.05) is 13.8 Å². The SMILES string of the molecule is CC(C)CNC(=O)C(C)Nc1ncccc1C(N)=O. The first kappa shape index (κ1) is 14.9. The van der Waals surface area contributed by atoms with Gasteiger partial charge in [0, 0.05) is 12.7 Å². The second-order valence-electron chi connectivity index (χ2n) is 4.77. The van der Waals surface area contributed by atoms with Gasteiger partial charge < -0.3 is 16.4 Å². The van der Waals surface area contributed by atoms with E-state index in [4.69, 9.17) is 5.73 Å². The van der Waals surface area contributed by atoms with E-state index in [0.717, 1.165) is 0 Å². The molecular weight excluding hydrogens is 244 g/mol. The molecule has 6 nitrogen and oxygen atoms in total. The highest BCUT2D eigenvalue weighted by Gasteiger charge is 2.16. The second kappa shape index (κ2) is 6.72. The quantitative estimate of drug-likeness (QED) is 0.706. The van der Waals surface area contributed by atoms with Gasteiger partial charge in [-0.2, -0.15) is 0 Å². The molecular formula is C13H20N4O2. The summed E-state index contributed by atoms with van der Waals surface area (Å²) in [5.41, 5.74) is 5.51. The third kappa shape index (κ3) is 4.57. The Morgan fingerprint density at radius 1 is 1.37 bits per heavy atom. The van der Waals surface area contributed by atoms with Gasteiger partial charge in [-0.15, -0.1) is 0 Å². The minimum absolute atomic E-state index is 0.144. The van der Waals surface area contributed by atoms with Crippen molar-refractivity contribution in [3.05, 3.63) is 23.9 Å². The molecule has 1 atom stereocenters. The third-order valence-corrected chi connectivity index (χ3v) is 2.50. The topological polar surface area (TPSA) is 97.1 Å². The molecule has 6 heteroatoms. The fourth-order valence-corrected chi connectivity index (χ4v) is 1.45. The van der Waals surface area contributed by atoms with Crippen LogP contribution in [-0.2, 0) is 4.79 Å².